The molecule has 0 unspecified atom stereocenters. The Morgan fingerprint density at radius 2 is 2.00 bits per heavy atom. The summed E-state index contributed by atoms with van der Waals surface area (Å²) in [4.78, 5) is 2.27. The molecule has 1 aromatic carbocycles. The molecule has 19 heavy (non-hydrogen) atoms. The first-order chi connectivity index (χ1) is 9.01. The number of nitrogens with two attached hydrogens (primary N) is 1. The van der Waals surface area contributed by atoms with E-state index in [0.29, 0.717) is 6.54 Å². The van der Waals surface area contributed by atoms with Gasteiger partial charge in [0.25, 0.3) is 0 Å². The highest BCUT2D eigenvalue weighted by Gasteiger charge is 2.38. The van der Waals surface area contributed by atoms with E-state index < -0.39 is 0 Å². The molecule has 1 saturated heterocycles. The Morgan fingerprint density at radius 3 is 2.47 bits per heavy atom. The number of nitrogens with zero attached hydrogens (tertiary/aromatic N) is 1. The number of benzene rings is 1. The fourth-order valence-corrected chi connectivity index (χ4v) is 2.66. The normalized spacial score (nSPS) is 16.9. The summed E-state index contributed by atoms with van der Waals surface area (Å²) in [6.07, 6.45) is 0. The molecule has 0 aromatic heterocycles. The van der Waals surface area contributed by atoms with Gasteiger partial charge in [-0.1, -0.05) is 0 Å². The number of anilines is 1. The molecule has 1 heterocycles. The van der Waals surface area contributed by atoms with Crippen LogP contribution < -0.4 is 15.4 Å². The van der Waals surface area contributed by atoms with Crippen LogP contribution in [0.1, 0.15) is 11.1 Å². The Balaban J connectivity index is 2.19. The first-order valence-electron chi connectivity index (χ1n) is 6.65. The Kier molecular flexibility index (Phi) is 4.02. The Morgan fingerprint density at radius 1 is 1.32 bits per heavy atom. The van der Waals surface area contributed by atoms with Gasteiger partial charge in [0.1, 0.15) is 5.75 Å². The van der Waals surface area contributed by atoms with Crippen LogP contribution in [0.5, 0.6) is 5.75 Å². The van der Waals surface area contributed by atoms with E-state index in [1.807, 2.05) is 0 Å². The predicted octanol–water partition coefficient (Wildman–Crippen LogP) is 1.72. The van der Waals surface area contributed by atoms with Crippen molar-refractivity contribution in [1.82, 2.24) is 0 Å². The van der Waals surface area contributed by atoms with E-state index in [2.05, 4.69) is 37.9 Å². The number of methoxy groups -OCH3 is 1. The van der Waals surface area contributed by atoms with Crippen LogP contribution in [0.3, 0.4) is 0 Å². The monoisotopic (exact) mass is 264 g/mol. The molecular weight excluding hydrogens is 240 g/mol. The highest BCUT2D eigenvalue weighted by atomic mass is 16.5. The maximum absolute atomic E-state index is 5.88. The molecule has 0 radical (unpaired) electrons. The zero-order chi connectivity index (χ0) is 14.0. The zero-order valence-electron chi connectivity index (χ0n) is 12.3. The molecule has 2 N–H and O–H groups in total. The van der Waals surface area contributed by atoms with Gasteiger partial charge in [0.05, 0.1) is 20.3 Å². The summed E-state index contributed by atoms with van der Waals surface area (Å²) in [7, 11) is 3.82. The van der Waals surface area contributed by atoms with Gasteiger partial charge in [-0.2, -0.15) is 0 Å². The Hall–Kier alpha value is -1.26. The lowest BCUT2D eigenvalue weighted by molar-refractivity contribution is -0.101. The van der Waals surface area contributed by atoms with Crippen molar-refractivity contribution in [3.05, 3.63) is 23.3 Å². The topological polar surface area (TPSA) is 47.7 Å². The van der Waals surface area contributed by atoms with E-state index in [1.165, 1.54) is 11.3 Å². The second-order valence-corrected chi connectivity index (χ2v) is 5.66. The van der Waals surface area contributed by atoms with Crippen molar-refractivity contribution in [2.24, 2.45) is 11.1 Å². The van der Waals surface area contributed by atoms with Gasteiger partial charge in [-0.05, 0) is 37.1 Å². The minimum Gasteiger partial charge on any atom is -0.496 e. The van der Waals surface area contributed by atoms with Gasteiger partial charge in [0, 0.05) is 31.2 Å². The van der Waals surface area contributed by atoms with Gasteiger partial charge in [0.2, 0.25) is 0 Å². The third kappa shape index (κ3) is 2.69. The molecule has 0 spiro atoms. The van der Waals surface area contributed by atoms with E-state index in [-0.39, 0.29) is 5.41 Å². The first-order valence-corrected chi connectivity index (χ1v) is 6.65. The smallest absolute Gasteiger partial charge is 0.122 e. The molecule has 1 aromatic rings. The Labute approximate surface area is 115 Å². The molecule has 0 amide bonds. The van der Waals surface area contributed by atoms with Crippen molar-refractivity contribution in [2.75, 3.05) is 45.4 Å². The Bertz CT molecular complexity index is 450. The zero-order valence-corrected chi connectivity index (χ0v) is 12.3. The van der Waals surface area contributed by atoms with Crippen molar-refractivity contribution in [2.45, 2.75) is 13.8 Å². The number of rotatable bonds is 5. The average molecular weight is 264 g/mol. The van der Waals surface area contributed by atoms with Gasteiger partial charge in [-0.15, -0.1) is 0 Å². The van der Waals surface area contributed by atoms with Crippen molar-refractivity contribution in [1.29, 1.82) is 0 Å². The molecule has 106 valence electrons. The van der Waals surface area contributed by atoms with Gasteiger partial charge < -0.3 is 20.1 Å². The molecule has 1 aliphatic heterocycles. The molecule has 2 rings (SSSR count). The highest BCUT2D eigenvalue weighted by molar-refractivity contribution is 5.58. The van der Waals surface area contributed by atoms with Gasteiger partial charge in [-0.25, -0.2) is 0 Å². The number of hydrogen-bond donors (Lipinski definition) is 1. The second-order valence-electron chi connectivity index (χ2n) is 5.66. The lowest BCUT2D eigenvalue weighted by Gasteiger charge is -2.43. The van der Waals surface area contributed by atoms with Crippen LogP contribution in [0.15, 0.2) is 12.1 Å². The van der Waals surface area contributed by atoms with E-state index in [9.17, 15) is 0 Å². The summed E-state index contributed by atoms with van der Waals surface area (Å²) in [5.41, 5.74) is 9.61. The fraction of sp³-hybridized carbons (Fsp3) is 0.600. The van der Waals surface area contributed by atoms with Crippen molar-refractivity contribution in [3.63, 3.8) is 0 Å². The molecule has 4 nitrogen and oxygen atoms in total. The van der Waals surface area contributed by atoms with Gasteiger partial charge in [-0.3, -0.25) is 0 Å². The van der Waals surface area contributed by atoms with Crippen LogP contribution in [-0.4, -0.2) is 40.5 Å². The van der Waals surface area contributed by atoms with Crippen LogP contribution in [0, 0.1) is 19.3 Å². The minimum absolute atomic E-state index is 0.120. The van der Waals surface area contributed by atoms with Crippen LogP contribution >= 0.6 is 0 Å². The van der Waals surface area contributed by atoms with E-state index in [4.69, 9.17) is 15.2 Å². The summed E-state index contributed by atoms with van der Waals surface area (Å²) in [6, 6.07) is 4.27. The van der Waals surface area contributed by atoms with E-state index >= 15 is 0 Å². The SMILES string of the molecule is COc1cc(C)c(N(C)CC2(CN)COC2)cc1C. The predicted molar refractivity (Wildman–Crippen MR) is 78.0 cm³/mol. The third-order valence-electron chi connectivity index (χ3n) is 3.95. The number of aryl methyl sites for hydroxylation is 2. The largest absolute Gasteiger partial charge is 0.496 e. The van der Waals surface area contributed by atoms with Crippen molar-refractivity contribution >= 4 is 5.69 Å². The van der Waals surface area contributed by atoms with Gasteiger partial charge >= 0.3 is 0 Å². The van der Waals surface area contributed by atoms with Crippen LogP contribution in [0.4, 0.5) is 5.69 Å². The van der Waals surface area contributed by atoms with E-state index in [0.717, 1.165) is 31.1 Å². The van der Waals surface area contributed by atoms with E-state index in [1.54, 1.807) is 7.11 Å². The second kappa shape index (κ2) is 5.39. The van der Waals surface area contributed by atoms with Crippen LogP contribution in [0.2, 0.25) is 0 Å². The molecule has 1 fully saturated rings. The minimum atomic E-state index is 0.120. The molecule has 4 heteroatoms. The maximum Gasteiger partial charge on any atom is 0.122 e. The molecule has 1 aliphatic rings. The summed E-state index contributed by atoms with van der Waals surface area (Å²) >= 11 is 0. The molecular formula is C15H24N2O2. The van der Waals surface area contributed by atoms with Crippen LogP contribution in [0.25, 0.3) is 0 Å². The van der Waals surface area contributed by atoms with Crippen molar-refractivity contribution < 1.29 is 9.47 Å². The standard InChI is InChI=1S/C15H24N2O2/c1-11-6-14(18-4)12(2)5-13(11)17(3)8-15(7-16)9-19-10-15/h5-6H,7-10,16H2,1-4H3. The summed E-state index contributed by atoms with van der Waals surface area (Å²) in [6.45, 7) is 7.31. The molecule has 0 bridgehead atoms. The number of hydrogen-bond acceptors (Lipinski definition) is 4. The van der Waals surface area contributed by atoms with Crippen molar-refractivity contribution in [3.8, 4) is 5.75 Å². The lowest BCUT2D eigenvalue weighted by atomic mass is 9.85. The highest BCUT2D eigenvalue weighted by Crippen LogP contribution is 2.32. The molecule has 0 atom stereocenters. The van der Waals surface area contributed by atoms with Gasteiger partial charge in [0.15, 0.2) is 0 Å². The van der Waals surface area contributed by atoms with Crippen LogP contribution in [-0.2, 0) is 4.74 Å². The number of ether oxygens (including phenoxy) is 2. The maximum atomic E-state index is 5.88. The molecule has 0 aliphatic carbocycles. The molecule has 0 saturated carbocycles. The third-order valence-corrected chi connectivity index (χ3v) is 3.95. The summed E-state index contributed by atoms with van der Waals surface area (Å²) < 4.78 is 10.7. The first kappa shape index (κ1) is 14.2. The quantitative estimate of drug-likeness (QED) is 0.880. The summed E-state index contributed by atoms with van der Waals surface area (Å²) in [5.74, 6) is 0.940. The lowest BCUT2D eigenvalue weighted by Crippen LogP contribution is -2.54. The average Bonchev–Trinajstić information content (AvgIpc) is 2.35. The summed E-state index contributed by atoms with van der Waals surface area (Å²) in [5, 5.41) is 0. The fourth-order valence-electron chi connectivity index (χ4n) is 2.66.